The molecule has 0 aliphatic heterocycles. The van der Waals surface area contributed by atoms with E-state index < -0.39 is 7.37 Å². The van der Waals surface area contributed by atoms with Crippen molar-refractivity contribution in [1.82, 2.24) is 9.55 Å². The van der Waals surface area contributed by atoms with E-state index in [-0.39, 0.29) is 68.2 Å². The molecule has 1 amide bonds. The Bertz CT molecular complexity index is 1220. The van der Waals surface area contributed by atoms with Crippen LogP contribution in [0.15, 0.2) is 91.3 Å². The van der Waals surface area contributed by atoms with Gasteiger partial charge in [0, 0.05) is 86.0 Å². The molecule has 151 valence electrons. The van der Waals surface area contributed by atoms with Crippen molar-refractivity contribution in [2.75, 3.05) is 5.32 Å². The molecule has 0 bridgehead atoms. The van der Waals surface area contributed by atoms with Crippen LogP contribution in [0, 0.1) is 6.92 Å². The van der Waals surface area contributed by atoms with Crippen molar-refractivity contribution in [3.63, 3.8) is 0 Å². The molecule has 1 atom stereocenters. The molecule has 8 heteroatoms. The minimum absolute atomic E-state index is 0. The van der Waals surface area contributed by atoms with E-state index in [1.165, 1.54) is 10.8 Å². The maximum absolute atomic E-state index is 13.0. The van der Waals surface area contributed by atoms with Crippen LogP contribution < -0.4 is 21.1 Å². The Labute approximate surface area is 223 Å². The third-order valence-electron chi connectivity index (χ3n) is 4.70. The zero-order chi connectivity index (χ0) is 21.1. The van der Waals surface area contributed by atoms with Crippen molar-refractivity contribution >= 4 is 81.2 Å². The number of aromatic nitrogens is 2. The molecule has 1 aromatic heterocycles. The summed E-state index contributed by atoms with van der Waals surface area (Å²) in [7, 11) is -4.10. The summed E-state index contributed by atoms with van der Waals surface area (Å²) >= 11 is 0. The standard InChI is InChI=1S/C23H20N3O3P.K/c1-17-7-9-18(10-8-17)22(27)25-19-11-13-20(14-12-19)26-16-15-24-23(26)30(28,29)21-5-3-2-4-6-21;/h2-16H,1H3,(H,25,27)(H,28,29);/p-1. The molecule has 4 rings (SSSR count). The van der Waals surface area contributed by atoms with Gasteiger partial charge in [-0.3, -0.25) is 9.36 Å². The predicted octanol–water partition coefficient (Wildman–Crippen LogP) is 2.64. The smallest absolute Gasteiger partial charge is 0.255 e. The molecule has 31 heavy (non-hydrogen) atoms. The summed E-state index contributed by atoms with van der Waals surface area (Å²) in [5, 5.41) is 3.05. The number of amides is 1. The van der Waals surface area contributed by atoms with Crippen LogP contribution in [0.25, 0.3) is 5.69 Å². The van der Waals surface area contributed by atoms with Gasteiger partial charge in [0.05, 0.1) is 0 Å². The first-order valence-electron chi connectivity index (χ1n) is 9.34. The van der Waals surface area contributed by atoms with Gasteiger partial charge < -0.3 is 14.8 Å². The van der Waals surface area contributed by atoms with Crippen molar-refractivity contribution < 1.29 is 14.3 Å². The number of hydrogen-bond donors (Lipinski definition) is 1. The topological polar surface area (TPSA) is 87.0 Å². The van der Waals surface area contributed by atoms with Crippen LogP contribution in [0.5, 0.6) is 0 Å². The minimum atomic E-state index is -4.10. The molecule has 0 saturated heterocycles. The largest absolute Gasteiger partial charge is 0.790 e. The number of nitrogens with zero attached hydrogens (tertiary/aromatic N) is 2. The molecule has 0 aliphatic rings. The molecule has 1 heterocycles. The average molecular weight is 455 g/mol. The zero-order valence-corrected chi connectivity index (χ0v) is 21.2. The van der Waals surface area contributed by atoms with Gasteiger partial charge in [-0.2, -0.15) is 0 Å². The summed E-state index contributed by atoms with van der Waals surface area (Å²) in [6.45, 7) is 1.96. The maximum Gasteiger partial charge on any atom is 0.255 e. The first-order chi connectivity index (χ1) is 14.4. The number of aryl methyl sites for hydroxylation is 1. The Balaban J connectivity index is 0.00000272. The van der Waals surface area contributed by atoms with E-state index in [0.717, 1.165) is 5.56 Å². The summed E-state index contributed by atoms with van der Waals surface area (Å²) in [5.41, 5.74) is 2.85. The molecule has 0 aliphatic carbocycles. The molecule has 6 nitrogen and oxygen atoms in total. The number of nitrogens with one attached hydrogen (secondary N) is 1. The number of imidazole rings is 1. The SMILES string of the molecule is Cc1ccc(C(=O)Nc2ccc(-n3ccnc3P(=O)([O-])c3ccccc3)cc2)cc1.[K]. The second kappa shape index (κ2) is 10.2. The van der Waals surface area contributed by atoms with Crippen LogP contribution in [0.2, 0.25) is 0 Å². The van der Waals surface area contributed by atoms with Crippen LogP contribution in [-0.2, 0) is 4.57 Å². The fourth-order valence-electron chi connectivity index (χ4n) is 3.07. The van der Waals surface area contributed by atoms with Gasteiger partial charge in [-0.1, -0.05) is 48.0 Å². The Kier molecular flexibility index (Phi) is 7.83. The Morgan fingerprint density at radius 2 is 1.61 bits per heavy atom. The third-order valence-corrected chi connectivity index (χ3v) is 6.53. The minimum Gasteiger partial charge on any atom is -0.790 e. The normalized spacial score (nSPS) is 12.5. The Morgan fingerprint density at radius 3 is 2.26 bits per heavy atom. The Morgan fingerprint density at radius 1 is 0.968 bits per heavy atom. The molecular weight excluding hydrogens is 436 g/mol. The van der Waals surface area contributed by atoms with Crippen LogP contribution in [0.1, 0.15) is 15.9 Å². The van der Waals surface area contributed by atoms with E-state index in [1.807, 2.05) is 19.1 Å². The second-order valence-electron chi connectivity index (χ2n) is 6.85. The first-order valence-corrected chi connectivity index (χ1v) is 11.0. The summed E-state index contributed by atoms with van der Waals surface area (Å²) < 4.78 is 14.5. The monoisotopic (exact) mass is 455 g/mol. The van der Waals surface area contributed by atoms with E-state index in [0.29, 0.717) is 16.9 Å². The summed E-state index contributed by atoms with van der Waals surface area (Å²) in [6, 6.07) is 22.5. The quantitative estimate of drug-likeness (QED) is 0.370. The van der Waals surface area contributed by atoms with Gasteiger partial charge in [0.1, 0.15) is 7.37 Å². The molecule has 4 aromatic rings. The number of hydrogen-bond acceptors (Lipinski definition) is 4. The molecule has 3 aromatic carbocycles. The zero-order valence-electron chi connectivity index (χ0n) is 17.2. The molecule has 1 N–H and O–H groups in total. The number of carbonyl (C=O) groups excluding carboxylic acids is 1. The first kappa shape index (κ1) is 23.8. The van der Waals surface area contributed by atoms with Crippen molar-refractivity contribution in [3.05, 3.63) is 102 Å². The van der Waals surface area contributed by atoms with E-state index in [9.17, 15) is 14.3 Å². The number of anilines is 1. The van der Waals surface area contributed by atoms with Crippen LogP contribution in [0.4, 0.5) is 5.69 Å². The summed E-state index contributed by atoms with van der Waals surface area (Å²) in [4.78, 5) is 29.4. The molecular formula is C23H19KN3O3P-. The van der Waals surface area contributed by atoms with Gasteiger partial charge >= 0.3 is 0 Å². The molecule has 0 spiro atoms. The average Bonchev–Trinajstić information content (AvgIpc) is 3.26. The summed E-state index contributed by atoms with van der Waals surface area (Å²) in [6.07, 6.45) is 3.05. The van der Waals surface area contributed by atoms with E-state index in [2.05, 4.69) is 10.3 Å². The van der Waals surface area contributed by atoms with Gasteiger partial charge in [-0.05, 0) is 43.3 Å². The number of carbonyl (C=O) groups is 1. The maximum atomic E-state index is 13.0. The van der Waals surface area contributed by atoms with Crippen LogP contribution in [0.3, 0.4) is 0 Å². The predicted molar refractivity (Wildman–Crippen MR) is 122 cm³/mol. The van der Waals surface area contributed by atoms with E-state index >= 15 is 0 Å². The fourth-order valence-corrected chi connectivity index (χ4v) is 4.55. The van der Waals surface area contributed by atoms with Crippen molar-refractivity contribution in [2.45, 2.75) is 6.92 Å². The summed E-state index contributed by atoms with van der Waals surface area (Å²) in [5.74, 6) is -0.209. The van der Waals surface area contributed by atoms with Gasteiger partial charge in [-0.15, -0.1) is 0 Å². The van der Waals surface area contributed by atoms with Gasteiger partial charge in [0.25, 0.3) is 5.91 Å². The molecule has 1 unspecified atom stereocenters. The Hall–Kier alpha value is -1.83. The van der Waals surface area contributed by atoms with Crippen molar-refractivity contribution in [2.24, 2.45) is 0 Å². The van der Waals surface area contributed by atoms with Crippen molar-refractivity contribution in [3.8, 4) is 5.69 Å². The number of benzene rings is 3. The molecule has 1 radical (unpaired) electrons. The van der Waals surface area contributed by atoms with E-state index in [4.69, 9.17) is 0 Å². The van der Waals surface area contributed by atoms with Crippen LogP contribution >= 0.6 is 7.37 Å². The van der Waals surface area contributed by atoms with Gasteiger partial charge in [0.2, 0.25) is 0 Å². The van der Waals surface area contributed by atoms with Crippen molar-refractivity contribution in [1.29, 1.82) is 0 Å². The number of rotatable bonds is 5. The molecule has 0 fully saturated rings. The third kappa shape index (κ3) is 5.33. The van der Waals surface area contributed by atoms with Gasteiger partial charge in [0.15, 0.2) is 5.57 Å². The van der Waals surface area contributed by atoms with E-state index in [1.54, 1.807) is 72.9 Å². The van der Waals surface area contributed by atoms with Gasteiger partial charge in [-0.25, -0.2) is 4.98 Å². The molecule has 0 saturated carbocycles. The fraction of sp³-hybridized carbons (Fsp3) is 0.0435. The van der Waals surface area contributed by atoms with Crippen LogP contribution in [-0.4, -0.2) is 66.8 Å². The second-order valence-corrected chi connectivity index (χ2v) is 8.87.